The summed E-state index contributed by atoms with van der Waals surface area (Å²) >= 11 is 14.2. The Balaban J connectivity index is 1.54. The van der Waals surface area contributed by atoms with E-state index in [1.807, 2.05) is 13.8 Å². The highest BCUT2D eigenvalue weighted by atomic mass is 35.5. The van der Waals surface area contributed by atoms with E-state index in [1.165, 1.54) is 30.0 Å². The Morgan fingerprint density at radius 2 is 1.75 bits per heavy atom. The van der Waals surface area contributed by atoms with Gasteiger partial charge >= 0.3 is 5.97 Å². The fourth-order valence-electron chi connectivity index (χ4n) is 4.72. The number of benzene rings is 3. The molecule has 0 aliphatic carbocycles. The molecule has 0 saturated carbocycles. The lowest BCUT2D eigenvalue weighted by Gasteiger charge is -2.23. The molecule has 0 bridgehead atoms. The summed E-state index contributed by atoms with van der Waals surface area (Å²) < 4.78 is 37.6. The van der Waals surface area contributed by atoms with Gasteiger partial charge in [0, 0.05) is 6.20 Å². The van der Waals surface area contributed by atoms with E-state index in [0.717, 1.165) is 11.3 Å². The van der Waals surface area contributed by atoms with Gasteiger partial charge in [0.15, 0.2) is 22.0 Å². The summed E-state index contributed by atoms with van der Waals surface area (Å²) in [6.45, 7) is 4.62. The highest BCUT2D eigenvalue weighted by Crippen LogP contribution is 2.36. The first-order valence-electron chi connectivity index (χ1n) is 13.6. The number of carbonyl (C=O) groups excluding carboxylic acids is 1. The molecule has 1 atom stereocenters. The van der Waals surface area contributed by atoms with Gasteiger partial charge in [-0.2, -0.15) is 0 Å². The van der Waals surface area contributed by atoms with Gasteiger partial charge in [0.05, 0.1) is 46.5 Å². The highest BCUT2D eigenvalue weighted by molar-refractivity contribution is 7.07. The standard InChI is InChI=1S/C32H27Cl2FN2O6S/c1-4-41-25-10-9-20(15-26(25)42-5-2)28-22(31(39)40-3)16-36-32-37(28)30(38)27(44-32)14-19-12-23(33)29(24(34)13-19)43-17-18-7-6-8-21(35)11-18/h6-16,28H,4-5,17H2,1-3H3/b27-14-/t28-/m1/s1. The lowest BCUT2D eigenvalue weighted by atomic mass is 9.97. The van der Waals surface area contributed by atoms with Crippen molar-refractivity contribution in [2.24, 2.45) is 4.99 Å². The van der Waals surface area contributed by atoms with Gasteiger partial charge in [-0.05, 0) is 73.0 Å². The highest BCUT2D eigenvalue weighted by Gasteiger charge is 2.31. The minimum absolute atomic E-state index is 0.0637. The maximum atomic E-state index is 13.9. The number of hydrogen-bond acceptors (Lipinski definition) is 8. The number of methoxy groups -OCH3 is 1. The number of aromatic nitrogens is 1. The van der Waals surface area contributed by atoms with Crippen molar-refractivity contribution in [2.45, 2.75) is 26.5 Å². The topological polar surface area (TPSA) is 88.4 Å². The summed E-state index contributed by atoms with van der Waals surface area (Å²) in [5, 5.41) is 0.438. The zero-order chi connectivity index (χ0) is 31.4. The largest absolute Gasteiger partial charge is 0.490 e. The third-order valence-corrected chi connectivity index (χ3v) is 8.16. The van der Waals surface area contributed by atoms with E-state index < -0.39 is 12.0 Å². The van der Waals surface area contributed by atoms with Crippen molar-refractivity contribution in [1.82, 2.24) is 4.57 Å². The van der Waals surface area contributed by atoms with Crippen molar-refractivity contribution in [3.05, 3.63) is 119 Å². The van der Waals surface area contributed by atoms with Crippen LogP contribution in [0.25, 0.3) is 6.08 Å². The van der Waals surface area contributed by atoms with E-state index in [0.29, 0.717) is 50.7 Å². The predicted molar refractivity (Wildman–Crippen MR) is 167 cm³/mol. The molecule has 12 heteroatoms. The molecule has 0 fully saturated rings. The molecule has 0 N–H and O–H groups in total. The number of carbonyl (C=O) groups is 1. The van der Waals surface area contributed by atoms with Crippen LogP contribution in [-0.2, 0) is 16.1 Å². The van der Waals surface area contributed by atoms with Crippen LogP contribution in [0, 0.1) is 5.82 Å². The smallest absolute Gasteiger partial charge is 0.337 e. The molecule has 4 aromatic rings. The summed E-state index contributed by atoms with van der Waals surface area (Å²) in [6.07, 6.45) is 3.06. The number of thiazole rings is 1. The van der Waals surface area contributed by atoms with Gasteiger partial charge in [-0.25, -0.2) is 14.2 Å². The number of hydrogen-bond donors (Lipinski definition) is 0. The first kappa shape index (κ1) is 31.3. The molecule has 1 aromatic heterocycles. The minimum Gasteiger partial charge on any atom is -0.490 e. The van der Waals surface area contributed by atoms with Crippen LogP contribution in [0.3, 0.4) is 0 Å². The molecular formula is C32H27Cl2FN2O6S. The zero-order valence-electron chi connectivity index (χ0n) is 23.9. The van der Waals surface area contributed by atoms with Crippen LogP contribution >= 0.6 is 34.5 Å². The number of rotatable bonds is 10. The summed E-state index contributed by atoms with van der Waals surface area (Å²) in [6, 6.07) is 13.7. The molecule has 1 aliphatic rings. The maximum absolute atomic E-state index is 13.9. The number of esters is 1. The van der Waals surface area contributed by atoms with Crippen molar-refractivity contribution in [1.29, 1.82) is 0 Å². The van der Waals surface area contributed by atoms with Gasteiger partial charge in [-0.3, -0.25) is 9.36 Å². The molecule has 44 heavy (non-hydrogen) atoms. The van der Waals surface area contributed by atoms with Crippen molar-refractivity contribution >= 4 is 46.6 Å². The molecule has 5 rings (SSSR count). The van der Waals surface area contributed by atoms with Gasteiger partial charge in [0.25, 0.3) is 5.56 Å². The molecule has 1 aliphatic heterocycles. The Morgan fingerprint density at radius 1 is 1.02 bits per heavy atom. The summed E-state index contributed by atoms with van der Waals surface area (Å²) in [5.74, 6) is 0.274. The second-order valence-electron chi connectivity index (χ2n) is 9.48. The van der Waals surface area contributed by atoms with E-state index in [2.05, 4.69) is 4.99 Å². The quantitative estimate of drug-likeness (QED) is 0.199. The molecule has 3 aromatic carbocycles. The van der Waals surface area contributed by atoms with Crippen LogP contribution in [0.4, 0.5) is 4.39 Å². The van der Waals surface area contributed by atoms with Crippen molar-refractivity contribution < 1.29 is 28.1 Å². The molecule has 0 radical (unpaired) electrons. The second kappa shape index (κ2) is 13.7. The van der Waals surface area contributed by atoms with Crippen LogP contribution in [0.2, 0.25) is 10.0 Å². The molecule has 0 spiro atoms. The Bertz CT molecular complexity index is 1910. The number of nitrogens with zero attached hydrogens (tertiary/aromatic N) is 2. The summed E-state index contributed by atoms with van der Waals surface area (Å²) in [5.41, 5.74) is 1.58. The van der Waals surface area contributed by atoms with Crippen molar-refractivity contribution in [3.63, 3.8) is 0 Å². The summed E-state index contributed by atoms with van der Waals surface area (Å²) in [4.78, 5) is 31.5. The fourth-order valence-corrected chi connectivity index (χ4v) is 6.30. The van der Waals surface area contributed by atoms with E-state index >= 15 is 0 Å². The molecule has 0 unspecified atom stereocenters. The predicted octanol–water partition coefficient (Wildman–Crippen LogP) is 5.84. The van der Waals surface area contributed by atoms with Gasteiger partial charge in [0.1, 0.15) is 12.4 Å². The zero-order valence-corrected chi connectivity index (χ0v) is 26.3. The molecule has 2 heterocycles. The van der Waals surface area contributed by atoms with Crippen molar-refractivity contribution in [3.8, 4) is 17.2 Å². The van der Waals surface area contributed by atoms with E-state index in [1.54, 1.807) is 48.5 Å². The third kappa shape index (κ3) is 6.52. The van der Waals surface area contributed by atoms with Crippen LogP contribution < -0.4 is 29.1 Å². The Kier molecular flexibility index (Phi) is 9.73. The van der Waals surface area contributed by atoms with Crippen LogP contribution in [0.1, 0.15) is 36.6 Å². The summed E-state index contributed by atoms with van der Waals surface area (Å²) in [7, 11) is 1.27. The lowest BCUT2D eigenvalue weighted by molar-refractivity contribution is -0.136. The molecule has 0 amide bonds. The fraction of sp³-hybridized carbons (Fsp3) is 0.219. The van der Waals surface area contributed by atoms with Crippen LogP contribution in [0.5, 0.6) is 17.2 Å². The maximum Gasteiger partial charge on any atom is 0.337 e. The van der Waals surface area contributed by atoms with Gasteiger partial charge < -0.3 is 18.9 Å². The van der Waals surface area contributed by atoms with E-state index in [9.17, 15) is 14.0 Å². The monoisotopic (exact) mass is 656 g/mol. The molecule has 0 saturated heterocycles. The average molecular weight is 658 g/mol. The third-order valence-electron chi connectivity index (χ3n) is 6.60. The second-order valence-corrected chi connectivity index (χ2v) is 11.3. The number of halogens is 3. The molecular weight excluding hydrogens is 630 g/mol. The van der Waals surface area contributed by atoms with E-state index in [-0.39, 0.29) is 39.4 Å². The van der Waals surface area contributed by atoms with E-state index in [4.69, 9.17) is 42.1 Å². The Labute approximate surface area is 266 Å². The van der Waals surface area contributed by atoms with Crippen LogP contribution in [0.15, 0.2) is 76.2 Å². The lowest BCUT2D eigenvalue weighted by Crippen LogP contribution is -2.39. The molecule has 228 valence electrons. The van der Waals surface area contributed by atoms with Gasteiger partial charge in [-0.15, -0.1) is 0 Å². The number of ether oxygens (including phenoxy) is 4. The van der Waals surface area contributed by atoms with Gasteiger partial charge in [0.2, 0.25) is 0 Å². The minimum atomic E-state index is -0.832. The normalized spacial score (nSPS) is 14.4. The first-order valence-corrected chi connectivity index (χ1v) is 15.2. The first-order chi connectivity index (χ1) is 21.2. The SMILES string of the molecule is CCOc1ccc([C@@H]2C(C(=O)OC)=CN=c3s/c(=C\c4cc(Cl)c(OCc5cccc(F)c5)c(Cl)c4)c(=O)n32)cc1OCC. The van der Waals surface area contributed by atoms with Crippen LogP contribution in [-0.4, -0.2) is 30.9 Å². The Morgan fingerprint density at radius 3 is 2.43 bits per heavy atom. The van der Waals surface area contributed by atoms with Gasteiger partial charge in [-0.1, -0.05) is 52.7 Å². The number of fused-ring (bicyclic) bond motifs is 1. The van der Waals surface area contributed by atoms with Crippen molar-refractivity contribution in [2.75, 3.05) is 20.3 Å². The average Bonchev–Trinajstić information content (AvgIpc) is 3.31. The molecule has 8 nitrogen and oxygen atoms in total. The Hall–Kier alpha value is -4.12.